The number of benzene rings is 2. The third-order valence-corrected chi connectivity index (χ3v) is 3.95. The number of nitrogens with one attached hydrogen (secondary N) is 1. The van der Waals surface area contributed by atoms with Gasteiger partial charge in [-0.2, -0.15) is 0 Å². The maximum atomic E-state index is 9.98. The molecular weight excluding hydrogens is 330 g/mol. The number of aliphatic hydroxyl groups is 1. The van der Waals surface area contributed by atoms with Crippen molar-refractivity contribution in [2.45, 2.75) is 32.4 Å². The van der Waals surface area contributed by atoms with Gasteiger partial charge in [-0.15, -0.1) is 0 Å². The third-order valence-electron chi connectivity index (χ3n) is 3.13. The second-order valence-electron chi connectivity index (χ2n) is 6.19. The second-order valence-corrected chi connectivity index (χ2v) is 6.99. The Bertz CT molecular complexity index is 607. The minimum absolute atomic E-state index is 0.00941. The summed E-state index contributed by atoms with van der Waals surface area (Å²) in [5.74, 6) is 0.753. The Hall–Kier alpha value is -1.10. The van der Waals surface area contributed by atoms with Gasteiger partial charge in [0.15, 0.2) is 0 Å². The van der Waals surface area contributed by atoms with E-state index in [0.717, 1.165) is 21.0 Å². The van der Waals surface area contributed by atoms with Crippen LogP contribution in [0.1, 0.15) is 20.8 Å². The van der Waals surface area contributed by atoms with Gasteiger partial charge in [-0.25, -0.2) is 0 Å². The minimum Gasteiger partial charge on any atom is -0.490 e. The van der Waals surface area contributed by atoms with Crippen LogP contribution in [-0.4, -0.2) is 29.9 Å². The van der Waals surface area contributed by atoms with E-state index >= 15 is 0 Å². The van der Waals surface area contributed by atoms with E-state index in [1.54, 1.807) is 0 Å². The quantitative estimate of drug-likeness (QED) is 0.862. The van der Waals surface area contributed by atoms with E-state index in [1.807, 2.05) is 30.3 Å². The van der Waals surface area contributed by atoms with Crippen LogP contribution in [-0.2, 0) is 0 Å². The fourth-order valence-electron chi connectivity index (χ4n) is 1.99. The molecule has 0 radical (unpaired) electrons. The molecular formula is C17H22BrNO2. The topological polar surface area (TPSA) is 41.5 Å². The zero-order chi connectivity index (χ0) is 15.5. The van der Waals surface area contributed by atoms with Gasteiger partial charge in [-0.3, -0.25) is 0 Å². The van der Waals surface area contributed by atoms with Crippen molar-refractivity contribution in [2.75, 3.05) is 13.2 Å². The summed E-state index contributed by atoms with van der Waals surface area (Å²) in [7, 11) is 0. The highest BCUT2D eigenvalue weighted by molar-refractivity contribution is 9.10. The lowest BCUT2D eigenvalue weighted by molar-refractivity contribution is 0.0998. The van der Waals surface area contributed by atoms with Crippen molar-refractivity contribution >= 4 is 26.7 Å². The Morgan fingerprint density at radius 1 is 1.19 bits per heavy atom. The highest BCUT2D eigenvalue weighted by Gasteiger charge is 2.13. The number of ether oxygens (including phenoxy) is 1. The molecule has 0 amide bonds. The Kier molecular flexibility index (Phi) is 5.25. The van der Waals surface area contributed by atoms with Crippen LogP contribution < -0.4 is 10.1 Å². The molecule has 1 atom stereocenters. The Balaban J connectivity index is 1.99. The van der Waals surface area contributed by atoms with Gasteiger partial charge in [-0.1, -0.05) is 30.3 Å². The molecule has 0 aliphatic rings. The number of hydrogen-bond donors (Lipinski definition) is 2. The summed E-state index contributed by atoms with van der Waals surface area (Å²) in [5.41, 5.74) is -0.00941. The first kappa shape index (κ1) is 16.3. The van der Waals surface area contributed by atoms with Crippen molar-refractivity contribution < 1.29 is 9.84 Å². The molecule has 0 fully saturated rings. The summed E-state index contributed by atoms with van der Waals surface area (Å²) >= 11 is 3.58. The van der Waals surface area contributed by atoms with Crippen LogP contribution in [0.2, 0.25) is 0 Å². The molecule has 1 unspecified atom stereocenters. The molecule has 0 aromatic heterocycles. The maximum Gasteiger partial charge on any atom is 0.134 e. The number of rotatable bonds is 5. The van der Waals surface area contributed by atoms with Gasteiger partial charge in [0.05, 0.1) is 4.47 Å². The third kappa shape index (κ3) is 4.70. The Labute approximate surface area is 134 Å². The van der Waals surface area contributed by atoms with E-state index in [0.29, 0.717) is 6.54 Å². The fourth-order valence-corrected chi connectivity index (χ4v) is 2.60. The van der Waals surface area contributed by atoms with Gasteiger partial charge in [0.25, 0.3) is 0 Å². The van der Waals surface area contributed by atoms with E-state index < -0.39 is 6.10 Å². The molecule has 2 N–H and O–H groups in total. The van der Waals surface area contributed by atoms with E-state index in [1.165, 1.54) is 0 Å². The van der Waals surface area contributed by atoms with Crippen molar-refractivity contribution in [3.63, 3.8) is 0 Å². The van der Waals surface area contributed by atoms with Gasteiger partial charge in [0.2, 0.25) is 0 Å². The predicted molar refractivity (Wildman–Crippen MR) is 90.9 cm³/mol. The Morgan fingerprint density at radius 2 is 1.90 bits per heavy atom. The average molecular weight is 352 g/mol. The van der Waals surface area contributed by atoms with Crippen LogP contribution in [0.25, 0.3) is 10.8 Å². The highest BCUT2D eigenvalue weighted by atomic mass is 79.9. The van der Waals surface area contributed by atoms with Crippen molar-refractivity contribution in [3.8, 4) is 5.75 Å². The van der Waals surface area contributed by atoms with Crippen molar-refractivity contribution in [3.05, 3.63) is 40.9 Å². The molecule has 0 heterocycles. The summed E-state index contributed by atoms with van der Waals surface area (Å²) < 4.78 is 6.66. The number of hydrogen-bond acceptors (Lipinski definition) is 3. The molecule has 0 saturated heterocycles. The highest BCUT2D eigenvalue weighted by Crippen LogP contribution is 2.33. The molecule has 3 nitrogen and oxygen atoms in total. The molecule has 0 bridgehead atoms. The normalized spacial score (nSPS) is 13.4. The number of fused-ring (bicyclic) bond motifs is 1. The van der Waals surface area contributed by atoms with Crippen LogP contribution in [0.5, 0.6) is 5.75 Å². The zero-order valence-corrected chi connectivity index (χ0v) is 14.3. The predicted octanol–water partition coefficient (Wildman–Crippen LogP) is 3.73. The molecule has 2 aromatic rings. The molecule has 0 aliphatic heterocycles. The smallest absolute Gasteiger partial charge is 0.134 e. The van der Waals surface area contributed by atoms with Gasteiger partial charge >= 0.3 is 0 Å². The Morgan fingerprint density at radius 3 is 2.62 bits per heavy atom. The molecule has 4 heteroatoms. The molecule has 0 spiro atoms. The number of β-amino-alcohol motifs (C(OH)–C–C–N with tert-alkyl or cyclic N) is 1. The SMILES string of the molecule is CC(C)(C)NCC(O)COc1ccc2ccccc2c1Br. The summed E-state index contributed by atoms with van der Waals surface area (Å²) in [6.45, 7) is 6.98. The van der Waals surface area contributed by atoms with Crippen LogP contribution >= 0.6 is 15.9 Å². The summed E-state index contributed by atoms with van der Waals surface area (Å²) in [6, 6.07) is 12.1. The summed E-state index contributed by atoms with van der Waals surface area (Å²) in [6.07, 6.45) is -0.539. The van der Waals surface area contributed by atoms with Crippen LogP contribution in [0.4, 0.5) is 0 Å². The lowest BCUT2D eigenvalue weighted by atomic mass is 10.1. The van der Waals surface area contributed by atoms with Crippen LogP contribution in [0.3, 0.4) is 0 Å². The minimum atomic E-state index is -0.539. The van der Waals surface area contributed by atoms with Gasteiger partial charge in [-0.05, 0) is 53.5 Å². The number of aliphatic hydroxyl groups excluding tert-OH is 1. The summed E-state index contributed by atoms with van der Waals surface area (Å²) in [4.78, 5) is 0. The van der Waals surface area contributed by atoms with Gasteiger partial charge in [0.1, 0.15) is 18.5 Å². The lowest BCUT2D eigenvalue weighted by Gasteiger charge is -2.23. The van der Waals surface area contributed by atoms with Crippen molar-refractivity contribution in [2.24, 2.45) is 0 Å². The first-order valence-corrected chi connectivity index (χ1v) is 7.89. The van der Waals surface area contributed by atoms with Gasteiger partial charge in [0, 0.05) is 12.1 Å². The fraction of sp³-hybridized carbons (Fsp3) is 0.412. The van der Waals surface area contributed by atoms with Crippen LogP contribution in [0.15, 0.2) is 40.9 Å². The van der Waals surface area contributed by atoms with E-state index in [4.69, 9.17) is 4.74 Å². The van der Waals surface area contributed by atoms with Crippen LogP contribution in [0, 0.1) is 0 Å². The molecule has 114 valence electrons. The zero-order valence-electron chi connectivity index (χ0n) is 12.7. The van der Waals surface area contributed by atoms with Crippen molar-refractivity contribution in [1.82, 2.24) is 5.32 Å². The van der Waals surface area contributed by atoms with E-state index in [9.17, 15) is 5.11 Å². The first-order chi connectivity index (χ1) is 9.87. The monoisotopic (exact) mass is 351 g/mol. The molecule has 21 heavy (non-hydrogen) atoms. The maximum absolute atomic E-state index is 9.98. The van der Waals surface area contributed by atoms with E-state index in [2.05, 4.69) is 48.1 Å². The molecule has 2 aromatic carbocycles. The molecule has 0 saturated carbocycles. The average Bonchev–Trinajstić information content (AvgIpc) is 2.44. The lowest BCUT2D eigenvalue weighted by Crippen LogP contribution is -2.42. The first-order valence-electron chi connectivity index (χ1n) is 7.10. The number of halogens is 1. The van der Waals surface area contributed by atoms with E-state index in [-0.39, 0.29) is 12.1 Å². The standard InChI is InChI=1S/C17H22BrNO2/c1-17(2,3)19-10-13(20)11-21-15-9-8-12-6-4-5-7-14(12)16(15)18/h4-9,13,19-20H,10-11H2,1-3H3. The molecule has 2 rings (SSSR count). The molecule has 0 aliphatic carbocycles. The second kappa shape index (κ2) is 6.77. The van der Waals surface area contributed by atoms with Crippen molar-refractivity contribution in [1.29, 1.82) is 0 Å². The largest absolute Gasteiger partial charge is 0.490 e. The summed E-state index contributed by atoms with van der Waals surface area (Å²) in [5, 5.41) is 15.5. The van der Waals surface area contributed by atoms with Gasteiger partial charge < -0.3 is 15.2 Å².